The first-order valence-electron chi connectivity index (χ1n) is 7.76. The number of carbonyl (C=O) groups is 3. The number of anilines is 1. The first kappa shape index (κ1) is 20.6. The molecule has 1 amide bonds. The minimum atomic E-state index is -4.92. The fourth-order valence-corrected chi connectivity index (χ4v) is 3.25. The van der Waals surface area contributed by atoms with Crippen LogP contribution in [0.5, 0.6) is 0 Å². The number of esters is 2. The van der Waals surface area contributed by atoms with E-state index in [2.05, 4.69) is 15.0 Å². The number of nitrogens with one attached hydrogen (secondary N) is 1. The number of alkyl halides is 3. The van der Waals surface area contributed by atoms with Crippen LogP contribution < -0.4 is 5.32 Å². The van der Waals surface area contributed by atoms with Crippen molar-refractivity contribution < 1.29 is 37.0 Å². The Hall–Kier alpha value is -2.69. The lowest BCUT2D eigenvalue weighted by molar-refractivity contribution is -0.141. The molecule has 0 fully saturated rings. The second kappa shape index (κ2) is 7.91. The van der Waals surface area contributed by atoms with Crippen molar-refractivity contribution in [1.82, 2.24) is 4.98 Å². The van der Waals surface area contributed by atoms with Gasteiger partial charge >= 0.3 is 18.1 Å². The summed E-state index contributed by atoms with van der Waals surface area (Å²) in [4.78, 5) is 38.8. The third kappa shape index (κ3) is 4.35. The molecule has 11 heteroatoms. The number of halogens is 3. The summed E-state index contributed by atoms with van der Waals surface area (Å²) in [7, 11) is 0. The summed E-state index contributed by atoms with van der Waals surface area (Å²) in [5.41, 5.74) is -2.30. The highest BCUT2D eigenvalue weighted by molar-refractivity contribution is 7.21. The van der Waals surface area contributed by atoms with Crippen molar-refractivity contribution in [2.24, 2.45) is 0 Å². The lowest BCUT2D eigenvalue weighted by Crippen LogP contribution is -2.17. The summed E-state index contributed by atoms with van der Waals surface area (Å²) < 4.78 is 49.6. The minimum absolute atomic E-state index is 0.00862. The lowest BCUT2D eigenvalue weighted by Gasteiger charge is -2.11. The van der Waals surface area contributed by atoms with Crippen LogP contribution >= 0.6 is 11.3 Å². The van der Waals surface area contributed by atoms with Gasteiger partial charge in [0.1, 0.15) is 9.71 Å². The van der Waals surface area contributed by atoms with Gasteiger partial charge in [0.2, 0.25) is 5.91 Å². The van der Waals surface area contributed by atoms with Crippen LogP contribution in [-0.4, -0.2) is 36.0 Å². The van der Waals surface area contributed by atoms with Crippen LogP contribution in [0.15, 0.2) is 6.07 Å². The molecule has 2 aromatic rings. The second-order valence-corrected chi connectivity index (χ2v) is 6.16. The number of hydrogen-bond donors (Lipinski definition) is 1. The number of rotatable bonds is 5. The van der Waals surface area contributed by atoms with E-state index in [9.17, 15) is 27.6 Å². The number of nitrogens with zero attached hydrogens (tertiary/aromatic N) is 1. The van der Waals surface area contributed by atoms with Gasteiger partial charge in [-0.3, -0.25) is 4.79 Å². The summed E-state index contributed by atoms with van der Waals surface area (Å²) in [6.07, 6.45) is -4.92. The number of aromatic nitrogens is 1. The molecule has 7 nitrogen and oxygen atoms in total. The van der Waals surface area contributed by atoms with Crippen LogP contribution in [0.2, 0.25) is 0 Å². The first-order valence-corrected chi connectivity index (χ1v) is 8.58. The van der Waals surface area contributed by atoms with Gasteiger partial charge in [-0.1, -0.05) is 0 Å². The molecule has 146 valence electrons. The van der Waals surface area contributed by atoms with E-state index < -0.39 is 35.3 Å². The predicted molar refractivity (Wildman–Crippen MR) is 90.8 cm³/mol. The molecule has 0 bridgehead atoms. The number of fused-ring (bicyclic) bond motifs is 1. The van der Waals surface area contributed by atoms with Gasteiger partial charge in [-0.15, -0.1) is 11.3 Å². The molecule has 0 atom stereocenters. The average molecular weight is 404 g/mol. The Kier molecular flexibility index (Phi) is 6.04. The van der Waals surface area contributed by atoms with Crippen molar-refractivity contribution in [3.05, 3.63) is 22.2 Å². The molecule has 2 heterocycles. The Bertz CT molecular complexity index is 908. The number of ether oxygens (including phenoxy) is 2. The Balaban J connectivity index is 2.80. The number of hydrogen-bond acceptors (Lipinski definition) is 7. The topological polar surface area (TPSA) is 94.6 Å². The predicted octanol–water partition coefficient (Wildman–Crippen LogP) is 3.63. The number of thiophene rings is 1. The highest BCUT2D eigenvalue weighted by Crippen LogP contribution is 2.40. The smallest absolute Gasteiger partial charge is 0.434 e. The van der Waals surface area contributed by atoms with E-state index in [1.807, 2.05) is 0 Å². The van der Waals surface area contributed by atoms with Gasteiger partial charge in [-0.05, 0) is 19.9 Å². The van der Waals surface area contributed by atoms with Gasteiger partial charge in [0.15, 0.2) is 5.69 Å². The standard InChI is InChI=1S/C16H15F3N2O5S/c1-4-25-14(23)9-6-8-10(20-7(3)22)11(15(24)26-5-2)27-13(8)21-12(9)16(17,18)19/h6H,4-5H2,1-3H3,(H,20,22). The van der Waals surface area contributed by atoms with Crippen molar-refractivity contribution in [2.75, 3.05) is 18.5 Å². The molecule has 0 aromatic carbocycles. The molecular weight excluding hydrogens is 389 g/mol. The molecule has 0 saturated carbocycles. The Labute approximate surface area is 155 Å². The summed E-state index contributed by atoms with van der Waals surface area (Å²) in [6.45, 7) is 4.07. The van der Waals surface area contributed by atoms with E-state index in [-0.39, 0.29) is 34.0 Å². The molecule has 1 N–H and O–H groups in total. The largest absolute Gasteiger partial charge is 0.462 e. The van der Waals surface area contributed by atoms with Crippen molar-refractivity contribution in [2.45, 2.75) is 26.9 Å². The van der Waals surface area contributed by atoms with Crippen LogP contribution in [0.3, 0.4) is 0 Å². The van der Waals surface area contributed by atoms with E-state index in [0.717, 1.165) is 6.07 Å². The van der Waals surface area contributed by atoms with Gasteiger partial charge in [-0.2, -0.15) is 13.2 Å². The summed E-state index contributed by atoms with van der Waals surface area (Å²) in [6, 6.07) is 0.910. The Morgan fingerprint density at radius 3 is 2.26 bits per heavy atom. The van der Waals surface area contributed by atoms with E-state index in [0.29, 0.717) is 11.3 Å². The molecule has 0 aliphatic rings. The molecule has 2 aromatic heterocycles. The molecule has 27 heavy (non-hydrogen) atoms. The molecule has 0 aliphatic heterocycles. The monoisotopic (exact) mass is 404 g/mol. The fraction of sp³-hybridized carbons (Fsp3) is 0.375. The molecule has 0 spiro atoms. The molecule has 0 aliphatic carbocycles. The van der Waals surface area contributed by atoms with E-state index in [4.69, 9.17) is 4.74 Å². The maximum absolute atomic E-state index is 13.3. The van der Waals surface area contributed by atoms with Crippen LogP contribution in [-0.2, 0) is 20.4 Å². The van der Waals surface area contributed by atoms with Crippen LogP contribution in [0.4, 0.5) is 18.9 Å². The average Bonchev–Trinajstić information content (AvgIpc) is 2.90. The van der Waals surface area contributed by atoms with E-state index >= 15 is 0 Å². The third-order valence-corrected chi connectivity index (χ3v) is 4.29. The molecular formula is C16H15F3N2O5S. The Morgan fingerprint density at radius 1 is 1.15 bits per heavy atom. The van der Waals surface area contributed by atoms with Crippen molar-refractivity contribution in [3.8, 4) is 0 Å². The van der Waals surface area contributed by atoms with Gasteiger partial charge in [0.25, 0.3) is 0 Å². The third-order valence-electron chi connectivity index (χ3n) is 3.21. The van der Waals surface area contributed by atoms with Crippen molar-refractivity contribution in [3.63, 3.8) is 0 Å². The Morgan fingerprint density at radius 2 is 1.74 bits per heavy atom. The zero-order valence-electron chi connectivity index (χ0n) is 14.5. The highest BCUT2D eigenvalue weighted by Gasteiger charge is 2.39. The fourth-order valence-electron chi connectivity index (χ4n) is 2.24. The molecule has 0 saturated heterocycles. The first-order chi connectivity index (χ1) is 12.6. The minimum Gasteiger partial charge on any atom is -0.462 e. The highest BCUT2D eigenvalue weighted by atomic mass is 32.1. The maximum Gasteiger partial charge on any atom is 0.434 e. The molecule has 2 rings (SSSR count). The summed E-state index contributed by atoms with van der Waals surface area (Å²) in [5.74, 6) is -2.59. The maximum atomic E-state index is 13.3. The zero-order valence-corrected chi connectivity index (χ0v) is 15.3. The van der Waals surface area contributed by atoms with Crippen LogP contribution in [0.25, 0.3) is 10.2 Å². The van der Waals surface area contributed by atoms with Crippen molar-refractivity contribution in [1.29, 1.82) is 0 Å². The van der Waals surface area contributed by atoms with Crippen LogP contribution in [0, 0.1) is 0 Å². The second-order valence-electron chi connectivity index (χ2n) is 5.16. The van der Waals surface area contributed by atoms with Gasteiger partial charge in [-0.25, -0.2) is 14.6 Å². The summed E-state index contributed by atoms with van der Waals surface area (Å²) >= 11 is 0.626. The SMILES string of the molecule is CCOC(=O)c1cc2c(NC(C)=O)c(C(=O)OCC)sc2nc1C(F)(F)F. The number of amides is 1. The van der Waals surface area contributed by atoms with Gasteiger partial charge < -0.3 is 14.8 Å². The van der Waals surface area contributed by atoms with Crippen molar-refractivity contribution >= 4 is 45.1 Å². The summed E-state index contributed by atoms with van der Waals surface area (Å²) in [5, 5.41) is 2.40. The zero-order chi connectivity index (χ0) is 20.4. The number of pyridine rings is 1. The quantitative estimate of drug-likeness (QED) is 0.765. The van der Waals surface area contributed by atoms with Crippen LogP contribution in [0.1, 0.15) is 46.5 Å². The van der Waals surface area contributed by atoms with E-state index in [1.165, 1.54) is 13.8 Å². The van der Waals surface area contributed by atoms with Gasteiger partial charge in [0.05, 0.1) is 24.5 Å². The lowest BCUT2D eigenvalue weighted by atomic mass is 10.1. The normalized spacial score (nSPS) is 11.3. The molecule has 0 radical (unpaired) electrons. The van der Waals surface area contributed by atoms with Gasteiger partial charge in [0, 0.05) is 12.3 Å². The number of carbonyl (C=O) groups excluding carboxylic acids is 3. The molecule has 0 unspecified atom stereocenters. The van der Waals surface area contributed by atoms with E-state index in [1.54, 1.807) is 6.92 Å².